The Kier molecular flexibility index (Phi) is 4.81. The monoisotopic (exact) mass is 374 g/mol. The lowest BCUT2D eigenvalue weighted by Crippen LogP contribution is -2.43. The van der Waals surface area contributed by atoms with Gasteiger partial charge in [0.15, 0.2) is 0 Å². The highest BCUT2D eigenvalue weighted by Crippen LogP contribution is 2.37. The van der Waals surface area contributed by atoms with Gasteiger partial charge in [-0.15, -0.1) is 0 Å². The Balaban J connectivity index is 1.75. The number of benzene rings is 3. The summed E-state index contributed by atoms with van der Waals surface area (Å²) in [6.07, 6.45) is 1.25. The van der Waals surface area contributed by atoms with Crippen LogP contribution in [-0.2, 0) is 0 Å². The number of hydrogen-bond acceptors (Lipinski definition) is 3. The number of hydrogen-bond donors (Lipinski definition) is 1. The van der Waals surface area contributed by atoms with Crippen LogP contribution in [0.4, 0.5) is 15.8 Å². The topological polar surface area (TPSA) is 41.6 Å². The van der Waals surface area contributed by atoms with E-state index in [0.29, 0.717) is 17.9 Å². The third-order valence-electron chi connectivity index (χ3n) is 4.60. The number of nitrogens with zero attached hydrogens (tertiary/aromatic N) is 1. The normalized spacial score (nSPS) is 15.5. The van der Waals surface area contributed by atoms with Gasteiger partial charge in [-0.1, -0.05) is 36.9 Å². The highest BCUT2D eigenvalue weighted by Gasteiger charge is 2.33. The molecule has 3 aromatic rings. The first kappa shape index (κ1) is 17.8. The summed E-state index contributed by atoms with van der Waals surface area (Å²) in [5, 5.41) is 3.42. The van der Waals surface area contributed by atoms with Crippen molar-refractivity contribution >= 4 is 17.3 Å². The van der Waals surface area contributed by atoms with Crippen LogP contribution in [0.3, 0.4) is 0 Å². The van der Waals surface area contributed by atoms with Crippen LogP contribution in [0.15, 0.2) is 85.5 Å². The number of carbonyl (C=O) groups excluding carboxylic acids is 1. The average Bonchev–Trinajstić information content (AvgIpc) is 2.73. The fourth-order valence-corrected chi connectivity index (χ4v) is 3.26. The first-order valence-electron chi connectivity index (χ1n) is 8.96. The molecule has 0 bridgehead atoms. The Bertz CT molecular complexity index is 1000. The Hall–Kier alpha value is -3.60. The molecule has 1 amide bonds. The second kappa shape index (κ2) is 7.56. The molecule has 28 heavy (non-hydrogen) atoms. The summed E-state index contributed by atoms with van der Waals surface area (Å²) in [5.41, 5.74) is 2.85. The van der Waals surface area contributed by atoms with Gasteiger partial charge in [-0.2, -0.15) is 0 Å². The molecule has 0 radical (unpaired) electrons. The summed E-state index contributed by atoms with van der Waals surface area (Å²) in [6, 6.07) is 20.8. The summed E-state index contributed by atoms with van der Waals surface area (Å²) in [4.78, 5) is 14.9. The fraction of sp³-hybridized carbons (Fsp3) is 0.0870. The third-order valence-corrected chi connectivity index (χ3v) is 4.60. The Labute approximate surface area is 162 Å². The highest BCUT2D eigenvalue weighted by atomic mass is 19.1. The predicted octanol–water partition coefficient (Wildman–Crippen LogP) is 5.16. The van der Waals surface area contributed by atoms with Gasteiger partial charge in [-0.25, -0.2) is 4.39 Å². The first-order valence-corrected chi connectivity index (χ1v) is 8.96. The van der Waals surface area contributed by atoms with Gasteiger partial charge in [0.2, 0.25) is 0 Å². The van der Waals surface area contributed by atoms with Gasteiger partial charge in [0.25, 0.3) is 5.91 Å². The Morgan fingerprint density at radius 2 is 1.75 bits per heavy atom. The van der Waals surface area contributed by atoms with Crippen LogP contribution in [0.1, 0.15) is 22.1 Å². The van der Waals surface area contributed by atoms with E-state index in [9.17, 15) is 9.18 Å². The minimum atomic E-state index is -0.429. The minimum absolute atomic E-state index is 0.141. The maximum absolute atomic E-state index is 13.4. The second-order valence-electron chi connectivity index (χ2n) is 6.41. The molecule has 3 aromatic carbocycles. The van der Waals surface area contributed by atoms with E-state index in [-0.39, 0.29) is 11.7 Å². The van der Waals surface area contributed by atoms with E-state index in [0.717, 1.165) is 17.0 Å². The van der Waals surface area contributed by atoms with Gasteiger partial charge >= 0.3 is 0 Å². The molecule has 1 aliphatic rings. The van der Waals surface area contributed by atoms with Crippen LogP contribution in [0, 0.1) is 5.82 Å². The van der Waals surface area contributed by atoms with Crippen LogP contribution >= 0.6 is 0 Å². The maximum atomic E-state index is 13.4. The fourth-order valence-electron chi connectivity index (χ4n) is 3.26. The quantitative estimate of drug-likeness (QED) is 0.627. The number of rotatable bonds is 5. The van der Waals surface area contributed by atoms with Crippen LogP contribution in [0.5, 0.6) is 5.75 Å². The van der Waals surface area contributed by atoms with E-state index < -0.39 is 6.17 Å². The van der Waals surface area contributed by atoms with Crippen molar-refractivity contribution in [1.29, 1.82) is 0 Å². The summed E-state index contributed by atoms with van der Waals surface area (Å²) in [5.74, 6) is 0.235. The number of halogens is 1. The lowest BCUT2D eigenvalue weighted by atomic mass is 10.0. The molecule has 0 aromatic heterocycles. The molecule has 0 saturated carbocycles. The number of carbonyl (C=O) groups is 1. The predicted molar refractivity (Wildman–Crippen MR) is 108 cm³/mol. The number of anilines is 2. The summed E-state index contributed by atoms with van der Waals surface area (Å²) < 4.78 is 19.0. The third kappa shape index (κ3) is 3.34. The van der Waals surface area contributed by atoms with Crippen molar-refractivity contribution in [1.82, 2.24) is 0 Å². The molecule has 1 N–H and O–H groups in total. The van der Waals surface area contributed by atoms with Crippen LogP contribution in [0.25, 0.3) is 0 Å². The zero-order valence-corrected chi connectivity index (χ0v) is 15.1. The summed E-state index contributed by atoms with van der Waals surface area (Å²) in [7, 11) is 0. The SMILES string of the molecule is C=CCOc1ccc(C2Nc3ccccc3C(=O)N2c2ccc(F)cc2)cc1. The van der Waals surface area contributed by atoms with Gasteiger partial charge in [0, 0.05) is 11.4 Å². The van der Waals surface area contributed by atoms with Gasteiger partial charge in [-0.05, 0) is 54.1 Å². The molecule has 4 nitrogen and oxygen atoms in total. The average molecular weight is 374 g/mol. The second-order valence-corrected chi connectivity index (χ2v) is 6.41. The maximum Gasteiger partial charge on any atom is 0.262 e. The molecule has 0 spiro atoms. The van der Waals surface area contributed by atoms with Crippen molar-refractivity contribution in [3.8, 4) is 5.75 Å². The first-order chi connectivity index (χ1) is 13.7. The van der Waals surface area contributed by atoms with Crippen LogP contribution < -0.4 is 15.0 Å². The number of amides is 1. The van der Waals surface area contributed by atoms with Gasteiger partial charge < -0.3 is 10.1 Å². The number of nitrogens with one attached hydrogen (secondary N) is 1. The van der Waals surface area contributed by atoms with E-state index >= 15 is 0 Å². The van der Waals surface area contributed by atoms with E-state index in [1.165, 1.54) is 12.1 Å². The Morgan fingerprint density at radius 1 is 1.04 bits per heavy atom. The van der Waals surface area contributed by atoms with Gasteiger partial charge in [0.05, 0.1) is 5.56 Å². The van der Waals surface area contributed by atoms with E-state index in [1.54, 1.807) is 29.2 Å². The molecule has 4 rings (SSSR count). The van der Waals surface area contributed by atoms with Crippen molar-refractivity contribution in [2.45, 2.75) is 6.17 Å². The minimum Gasteiger partial charge on any atom is -0.490 e. The number of para-hydroxylation sites is 1. The molecule has 0 fully saturated rings. The van der Waals surface area contributed by atoms with E-state index in [1.807, 2.05) is 42.5 Å². The lowest BCUT2D eigenvalue weighted by Gasteiger charge is -2.38. The molecule has 1 heterocycles. The molecule has 1 atom stereocenters. The Morgan fingerprint density at radius 3 is 2.46 bits per heavy atom. The van der Waals surface area contributed by atoms with Gasteiger partial charge in [0.1, 0.15) is 24.3 Å². The molecule has 1 unspecified atom stereocenters. The molecule has 0 aliphatic carbocycles. The molecular formula is C23H19FN2O2. The standard InChI is InChI=1S/C23H19FN2O2/c1-2-15-28-19-13-7-16(8-14-19)22-25-21-6-4-3-5-20(21)23(27)26(22)18-11-9-17(24)10-12-18/h2-14,22,25H,1,15H2. The largest absolute Gasteiger partial charge is 0.490 e. The van der Waals surface area contributed by atoms with E-state index in [4.69, 9.17) is 4.74 Å². The van der Waals surface area contributed by atoms with Crippen molar-refractivity contribution in [2.24, 2.45) is 0 Å². The molecule has 140 valence electrons. The number of ether oxygens (including phenoxy) is 1. The summed E-state index contributed by atoms with van der Waals surface area (Å²) in [6.45, 7) is 4.07. The highest BCUT2D eigenvalue weighted by molar-refractivity contribution is 6.12. The van der Waals surface area contributed by atoms with E-state index in [2.05, 4.69) is 11.9 Å². The van der Waals surface area contributed by atoms with Crippen molar-refractivity contribution < 1.29 is 13.9 Å². The lowest BCUT2D eigenvalue weighted by molar-refractivity contribution is 0.0975. The van der Waals surface area contributed by atoms with Crippen molar-refractivity contribution in [3.05, 3.63) is 102 Å². The molecule has 5 heteroatoms. The zero-order valence-electron chi connectivity index (χ0n) is 15.1. The molecular weight excluding hydrogens is 355 g/mol. The van der Waals surface area contributed by atoms with Crippen molar-refractivity contribution in [2.75, 3.05) is 16.8 Å². The van der Waals surface area contributed by atoms with Gasteiger partial charge in [-0.3, -0.25) is 9.69 Å². The molecule has 1 aliphatic heterocycles. The molecule has 0 saturated heterocycles. The van der Waals surface area contributed by atoms with Crippen LogP contribution in [-0.4, -0.2) is 12.5 Å². The number of fused-ring (bicyclic) bond motifs is 1. The smallest absolute Gasteiger partial charge is 0.262 e. The van der Waals surface area contributed by atoms with Crippen LogP contribution in [0.2, 0.25) is 0 Å². The zero-order chi connectivity index (χ0) is 19.5. The van der Waals surface area contributed by atoms with Crippen molar-refractivity contribution in [3.63, 3.8) is 0 Å². The summed E-state index contributed by atoms with van der Waals surface area (Å²) >= 11 is 0.